The lowest BCUT2D eigenvalue weighted by molar-refractivity contribution is 0.963. The first-order valence-electron chi connectivity index (χ1n) is 4.74. The SMILES string of the molecule is Cc1cnc(Cl)nc1Sc1nnc(N(C)C)s1. The molecule has 2 aromatic rings. The van der Waals surface area contributed by atoms with E-state index in [1.54, 1.807) is 6.20 Å². The maximum atomic E-state index is 5.76. The number of aryl methyl sites for hydroxylation is 1. The van der Waals surface area contributed by atoms with Crippen molar-refractivity contribution in [3.8, 4) is 0 Å². The van der Waals surface area contributed by atoms with E-state index in [0.717, 1.165) is 20.1 Å². The molecule has 8 heteroatoms. The predicted octanol–water partition coefficient (Wildman–Crippen LogP) is 2.51. The minimum Gasteiger partial charge on any atom is -0.353 e. The normalized spacial score (nSPS) is 10.6. The summed E-state index contributed by atoms with van der Waals surface area (Å²) in [6, 6.07) is 0. The third kappa shape index (κ3) is 3.05. The quantitative estimate of drug-likeness (QED) is 0.639. The van der Waals surface area contributed by atoms with Crippen molar-refractivity contribution in [3.63, 3.8) is 0 Å². The zero-order chi connectivity index (χ0) is 12.4. The van der Waals surface area contributed by atoms with Gasteiger partial charge in [0, 0.05) is 25.9 Å². The number of hydrogen-bond acceptors (Lipinski definition) is 7. The molecule has 0 fully saturated rings. The van der Waals surface area contributed by atoms with Gasteiger partial charge in [0.05, 0.1) is 0 Å². The monoisotopic (exact) mass is 287 g/mol. The summed E-state index contributed by atoms with van der Waals surface area (Å²) in [5.74, 6) is 0. The lowest BCUT2D eigenvalue weighted by Gasteiger charge is -2.04. The Bertz CT molecular complexity index is 528. The summed E-state index contributed by atoms with van der Waals surface area (Å²) >= 11 is 8.73. The summed E-state index contributed by atoms with van der Waals surface area (Å²) in [5.41, 5.74) is 0.973. The van der Waals surface area contributed by atoms with E-state index in [-0.39, 0.29) is 5.28 Å². The van der Waals surface area contributed by atoms with Gasteiger partial charge in [-0.3, -0.25) is 0 Å². The molecule has 0 N–H and O–H groups in total. The van der Waals surface area contributed by atoms with Crippen LogP contribution >= 0.6 is 34.7 Å². The van der Waals surface area contributed by atoms with Crippen molar-refractivity contribution >= 4 is 39.8 Å². The zero-order valence-electron chi connectivity index (χ0n) is 9.51. The Morgan fingerprint density at radius 2 is 2.12 bits per heavy atom. The molecule has 0 aromatic carbocycles. The molecule has 2 heterocycles. The molecule has 0 radical (unpaired) electrons. The van der Waals surface area contributed by atoms with E-state index in [2.05, 4.69) is 20.2 Å². The molecule has 0 aliphatic carbocycles. The van der Waals surface area contributed by atoms with E-state index in [1.165, 1.54) is 23.1 Å². The van der Waals surface area contributed by atoms with Gasteiger partial charge in [0.15, 0.2) is 4.34 Å². The summed E-state index contributed by atoms with van der Waals surface area (Å²) in [4.78, 5) is 10.00. The van der Waals surface area contributed by atoms with Crippen LogP contribution < -0.4 is 4.90 Å². The van der Waals surface area contributed by atoms with Crippen LogP contribution in [0.1, 0.15) is 5.56 Å². The first-order chi connectivity index (χ1) is 8.06. The molecule has 0 saturated heterocycles. The van der Waals surface area contributed by atoms with E-state index in [4.69, 9.17) is 11.6 Å². The van der Waals surface area contributed by atoms with Gasteiger partial charge in [-0.15, -0.1) is 10.2 Å². The van der Waals surface area contributed by atoms with Crippen LogP contribution in [0.4, 0.5) is 5.13 Å². The van der Waals surface area contributed by atoms with E-state index in [9.17, 15) is 0 Å². The lowest BCUT2D eigenvalue weighted by atomic mass is 10.4. The summed E-state index contributed by atoms with van der Waals surface area (Å²) in [6.07, 6.45) is 1.70. The molecule has 0 spiro atoms. The summed E-state index contributed by atoms with van der Waals surface area (Å²) in [7, 11) is 3.86. The first-order valence-corrected chi connectivity index (χ1v) is 6.75. The zero-order valence-corrected chi connectivity index (χ0v) is 11.9. The number of hydrogen-bond donors (Lipinski definition) is 0. The van der Waals surface area contributed by atoms with Crippen LogP contribution in [0.15, 0.2) is 15.6 Å². The van der Waals surface area contributed by atoms with E-state index < -0.39 is 0 Å². The second-order valence-corrected chi connectivity index (χ2v) is 6.00. The van der Waals surface area contributed by atoms with E-state index in [1.807, 2.05) is 25.9 Å². The predicted molar refractivity (Wildman–Crippen MR) is 70.1 cm³/mol. The van der Waals surface area contributed by atoms with Gasteiger partial charge in [-0.25, -0.2) is 9.97 Å². The second kappa shape index (κ2) is 5.16. The summed E-state index contributed by atoms with van der Waals surface area (Å²) in [5, 5.41) is 10.1. The van der Waals surface area contributed by atoms with Crippen LogP contribution in [-0.4, -0.2) is 34.3 Å². The fraction of sp³-hybridized carbons (Fsp3) is 0.333. The summed E-state index contributed by atoms with van der Waals surface area (Å²) < 4.78 is 0.839. The molecular weight excluding hydrogens is 278 g/mol. The Labute approximate surface area is 112 Å². The van der Waals surface area contributed by atoms with E-state index >= 15 is 0 Å². The fourth-order valence-corrected chi connectivity index (χ4v) is 2.92. The maximum absolute atomic E-state index is 5.76. The molecule has 2 aromatic heterocycles. The Hall–Kier alpha value is -0.920. The third-order valence-electron chi connectivity index (χ3n) is 1.86. The van der Waals surface area contributed by atoms with Gasteiger partial charge >= 0.3 is 0 Å². The molecule has 0 unspecified atom stereocenters. The Kier molecular flexibility index (Phi) is 3.80. The van der Waals surface area contributed by atoms with Gasteiger partial charge in [-0.2, -0.15) is 0 Å². The molecule has 17 heavy (non-hydrogen) atoms. The second-order valence-electron chi connectivity index (χ2n) is 3.47. The Morgan fingerprint density at radius 3 is 2.76 bits per heavy atom. The topological polar surface area (TPSA) is 54.8 Å². The number of aromatic nitrogens is 4. The lowest BCUT2D eigenvalue weighted by Crippen LogP contribution is -2.07. The summed E-state index contributed by atoms with van der Waals surface area (Å²) in [6.45, 7) is 1.94. The molecular formula is C9H10ClN5S2. The average molecular weight is 288 g/mol. The number of nitrogens with zero attached hydrogens (tertiary/aromatic N) is 5. The highest BCUT2D eigenvalue weighted by Gasteiger charge is 2.10. The van der Waals surface area contributed by atoms with Crippen LogP contribution in [0.3, 0.4) is 0 Å². The van der Waals surface area contributed by atoms with Gasteiger partial charge in [-0.05, 0) is 30.3 Å². The molecule has 5 nitrogen and oxygen atoms in total. The van der Waals surface area contributed by atoms with E-state index in [0.29, 0.717) is 0 Å². The van der Waals surface area contributed by atoms with Crippen molar-refractivity contribution in [1.82, 2.24) is 20.2 Å². The standard InChI is InChI=1S/C9H10ClN5S2/c1-5-4-11-7(10)12-6(5)16-9-14-13-8(17-9)15(2)3/h4H,1-3H3. The van der Waals surface area contributed by atoms with Crippen molar-refractivity contribution < 1.29 is 0 Å². The fourth-order valence-electron chi connectivity index (χ4n) is 1.02. The minimum atomic E-state index is 0.246. The van der Waals surface area contributed by atoms with Crippen LogP contribution in [-0.2, 0) is 0 Å². The van der Waals surface area contributed by atoms with Crippen molar-refractivity contribution in [2.24, 2.45) is 0 Å². The van der Waals surface area contributed by atoms with Crippen LogP contribution in [0, 0.1) is 6.92 Å². The molecule has 0 atom stereocenters. The minimum absolute atomic E-state index is 0.246. The highest BCUT2D eigenvalue weighted by atomic mass is 35.5. The molecule has 0 aliphatic heterocycles. The molecule has 90 valence electrons. The van der Waals surface area contributed by atoms with Crippen LogP contribution in [0.2, 0.25) is 5.28 Å². The van der Waals surface area contributed by atoms with Crippen molar-refractivity contribution in [1.29, 1.82) is 0 Å². The highest BCUT2D eigenvalue weighted by Crippen LogP contribution is 2.33. The maximum Gasteiger partial charge on any atom is 0.223 e. The Morgan fingerprint density at radius 1 is 1.35 bits per heavy atom. The smallest absolute Gasteiger partial charge is 0.223 e. The molecule has 0 amide bonds. The number of anilines is 1. The van der Waals surface area contributed by atoms with Gasteiger partial charge in [0.25, 0.3) is 0 Å². The number of halogens is 1. The first kappa shape index (κ1) is 12.5. The van der Waals surface area contributed by atoms with Crippen molar-refractivity contribution in [3.05, 3.63) is 17.0 Å². The van der Waals surface area contributed by atoms with Gasteiger partial charge in [0.2, 0.25) is 10.4 Å². The number of rotatable bonds is 3. The molecule has 0 bridgehead atoms. The van der Waals surface area contributed by atoms with Crippen LogP contribution in [0.5, 0.6) is 0 Å². The molecule has 0 saturated carbocycles. The van der Waals surface area contributed by atoms with Gasteiger partial charge in [0.1, 0.15) is 5.03 Å². The van der Waals surface area contributed by atoms with Crippen molar-refractivity contribution in [2.75, 3.05) is 19.0 Å². The average Bonchev–Trinajstić information content (AvgIpc) is 2.72. The van der Waals surface area contributed by atoms with Gasteiger partial charge in [-0.1, -0.05) is 11.3 Å². The largest absolute Gasteiger partial charge is 0.353 e. The molecule has 0 aliphatic rings. The van der Waals surface area contributed by atoms with Crippen molar-refractivity contribution in [2.45, 2.75) is 16.3 Å². The van der Waals surface area contributed by atoms with Gasteiger partial charge < -0.3 is 4.90 Å². The Balaban J connectivity index is 2.22. The third-order valence-corrected chi connectivity index (χ3v) is 4.29. The van der Waals surface area contributed by atoms with Crippen LogP contribution in [0.25, 0.3) is 0 Å². The molecule has 2 rings (SSSR count). The highest BCUT2D eigenvalue weighted by molar-refractivity contribution is 8.01.